The lowest BCUT2D eigenvalue weighted by Crippen LogP contribution is -2.14. The zero-order chi connectivity index (χ0) is 12.5. The molecule has 0 saturated carbocycles. The lowest BCUT2D eigenvalue weighted by atomic mass is 9.91. The first-order valence-corrected chi connectivity index (χ1v) is 6.20. The molecule has 0 bridgehead atoms. The Bertz CT molecular complexity index is 604. The summed E-state index contributed by atoms with van der Waals surface area (Å²) >= 11 is 0. The molecule has 0 radical (unpaired) electrons. The van der Waals surface area contributed by atoms with Crippen LogP contribution in [-0.2, 0) is 11.2 Å². The van der Waals surface area contributed by atoms with Crippen molar-refractivity contribution >= 4 is 11.6 Å². The fourth-order valence-electron chi connectivity index (χ4n) is 2.54. The smallest absolute Gasteiger partial charge is 0.232 e. The Morgan fingerprint density at radius 1 is 1.06 bits per heavy atom. The van der Waals surface area contributed by atoms with Crippen molar-refractivity contribution in [3.63, 3.8) is 0 Å². The molecule has 0 fully saturated rings. The maximum absolute atomic E-state index is 12.0. The minimum Gasteiger partial charge on any atom is -0.325 e. The summed E-state index contributed by atoms with van der Waals surface area (Å²) < 4.78 is 0. The third-order valence-electron chi connectivity index (χ3n) is 3.60. The van der Waals surface area contributed by atoms with Crippen LogP contribution in [0.2, 0.25) is 0 Å². The Morgan fingerprint density at radius 2 is 1.78 bits per heavy atom. The van der Waals surface area contributed by atoms with Gasteiger partial charge in [0.15, 0.2) is 0 Å². The summed E-state index contributed by atoms with van der Waals surface area (Å²) in [7, 11) is 0. The van der Waals surface area contributed by atoms with Crippen molar-refractivity contribution in [3.05, 3.63) is 65.2 Å². The first kappa shape index (κ1) is 11.0. The van der Waals surface area contributed by atoms with Gasteiger partial charge in [0.05, 0.1) is 5.92 Å². The van der Waals surface area contributed by atoms with Gasteiger partial charge in [0.25, 0.3) is 0 Å². The highest BCUT2D eigenvalue weighted by Crippen LogP contribution is 2.34. The Kier molecular flexibility index (Phi) is 2.63. The van der Waals surface area contributed by atoms with Gasteiger partial charge in [-0.05, 0) is 36.1 Å². The van der Waals surface area contributed by atoms with Crippen molar-refractivity contribution in [2.24, 2.45) is 0 Å². The molecule has 90 valence electrons. The molecule has 1 aliphatic heterocycles. The van der Waals surface area contributed by atoms with Crippen LogP contribution in [0.25, 0.3) is 0 Å². The van der Waals surface area contributed by atoms with E-state index in [-0.39, 0.29) is 11.8 Å². The number of nitrogens with one attached hydrogen (secondary N) is 1. The van der Waals surface area contributed by atoms with E-state index < -0.39 is 0 Å². The molecule has 2 heteroatoms. The van der Waals surface area contributed by atoms with Crippen LogP contribution >= 0.6 is 0 Å². The number of amides is 1. The lowest BCUT2D eigenvalue weighted by Gasteiger charge is -2.11. The lowest BCUT2D eigenvalue weighted by molar-refractivity contribution is -0.117. The van der Waals surface area contributed by atoms with Crippen LogP contribution in [0, 0.1) is 6.92 Å². The molecule has 2 nitrogen and oxygen atoms in total. The molecule has 3 rings (SSSR count). The van der Waals surface area contributed by atoms with Crippen molar-refractivity contribution in [1.29, 1.82) is 0 Å². The number of rotatable bonds is 2. The van der Waals surface area contributed by atoms with Crippen molar-refractivity contribution in [2.75, 3.05) is 5.32 Å². The van der Waals surface area contributed by atoms with Crippen LogP contribution in [0.5, 0.6) is 0 Å². The monoisotopic (exact) mass is 237 g/mol. The largest absolute Gasteiger partial charge is 0.325 e. The molecule has 2 aromatic rings. The Balaban J connectivity index is 1.94. The summed E-state index contributed by atoms with van der Waals surface area (Å²) in [6.07, 6.45) is 0.773. The van der Waals surface area contributed by atoms with Crippen molar-refractivity contribution < 1.29 is 4.79 Å². The van der Waals surface area contributed by atoms with Crippen LogP contribution in [0.1, 0.15) is 22.6 Å². The summed E-state index contributed by atoms with van der Waals surface area (Å²) in [6, 6.07) is 16.2. The van der Waals surface area contributed by atoms with Gasteiger partial charge in [-0.25, -0.2) is 0 Å². The van der Waals surface area contributed by atoms with Crippen LogP contribution in [-0.4, -0.2) is 5.91 Å². The van der Waals surface area contributed by atoms with Gasteiger partial charge < -0.3 is 5.32 Å². The molecule has 1 aliphatic rings. The van der Waals surface area contributed by atoms with Gasteiger partial charge in [0.1, 0.15) is 0 Å². The third kappa shape index (κ3) is 1.80. The molecule has 0 aromatic heterocycles. The molecule has 0 aliphatic carbocycles. The molecule has 1 heterocycles. The summed E-state index contributed by atoms with van der Waals surface area (Å²) in [5, 5.41) is 2.95. The Morgan fingerprint density at radius 3 is 2.61 bits per heavy atom. The van der Waals surface area contributed by atoms with E-state index in [1.54, 1.807) is 0 Å². The number of carbonyl (C=O) groups excluding carboxylic acids is 1. The zero-order valence-electron chi connectivity index (χ0n) is 10.3. The molecule has 1 unspecified atom stereocenters. The molecule has 1 amide bonds. The number of hydrogen-bond acceptors (Lipinski definition) is 1. The van der Waals surface area contributed by atoms with Crippen molar-refractivity contribution in [2.45, 2.75) is 19.3 Å². The van der Waals surface area contributed by atoms with E-state index in [1.165, 1.54) is 11.1 Å². The predicted octanol–water partition coefficient (Wildman–Crippen LogP) is 3.27. The minimum absolute atomic E-state index is 0.0534. The molecular formula is C16H15NO. The summed E-state index contributed by atoms with van der Waals surface area (Å²) in [5.74, 6) is 0.0572. The second-order valence-electron chi connectivity index (χ2n) is 4.76. The highest BCUT2D eigenvalue weighted by atomic mass is 16.2. The maximum Gasteiger partial charge on any atom is 0.232 e. The SMILES string of the molecule is Cc1ccccc1CC1C(=O)Nc2ccccc21. The fraction of sp³-hybridized carbons (Fsp3) is 0.188. The van der Waals surface area contributed by atoms with Gasteiger partial charge >= 0.3 is 0 Å². The Hall–Kier alpha value is -2.09. The van der Waals surface area contributed by atoms with Crippen molar-refractivity contribution in [1.82, 2.24) is 0 Å². The van der Waals surface area contributed by atoms with E-state index in [9.17, 15) is 4.79 Å². The summed E-state index contributed by atoms with van der Waals surface area (Å²) in [4.78, 5) is 12.0. The number of fused-ring (bicyclic) bond motifs is 1. The van der Waals surface area contributed by atoms with Gasteiger partial charge in [-0.2, -0.15) is 0 Å². The molecule has 0 saturated heterocycles. The van der Waals surface area contributed by atoms with Gasteiger partial charge in [-0.1, -0.05) is 42.5 Å². The highest BCUT2D eigenvalue weighted by molar-refractivity contribution is 6.03. The van der Waals surface area contributed by atoms with Gasteiger partial charge in [0, 0.05) is 5.69 Å². The molecule has 1 N–H and O–H groups in total. The first-order valence-electron chi connectivity index (χ1n) is 6.20. The van der Waals surface area contributed by atoms with E-state index in [0.29, 0.717) is 0 Å². The number of benzene rings is 2. The standard InChI is InChI=1S/C16H15NO/c1-11-6-2-3-7-12(11)10-14-13-8-4-5-9-15(13)17-16(14)18/h2-9,14H,10H2,1H3,(H,17,18). The summed E-state index contributed by atoms with van der Waals surface area (Å²) in [5.41, 5.74) is 4.57. The molecular weight excluding hydrogens is 222 g/mol. The minimum atomic E-state index is -0.0534. The number of hydrogen-bond donors (Lipinski definition) is 1. The van der Waals surface area contributed by atoms with Crippen LogP contribution in [0.4, 0.5) is 5.69 Å². The second kappa shape index (κ2) is 4.30. The molecule has 0 spiro atoms. The Labute approximate surface area is 107 Å². The summed E-state index contributed by atoms with van der Waals surface area (Å²) in [6.45, 7) is 2.09. The first-order chi connectivity index (χ1) is 8.75. The quantitative estimate of drug-likeness (QED) is 0.853. The number of anilines is 1. The average Bonchev–Trinajstić information content (AvgIpc) is 2.69. The third-order valence-corrected chi connectivity index (χ3v) is 3.60. The van der Waals surface area contributed by atoms with E-state index in [2.05, 4.69) is 24.4 Å². The number of para-hydroxylation sites is 1. The number of aryl methyl sites for hydroxylation is 1. The molecule has 2 aromatic carbocycles. The predicted molar refractivity (Wildman–Crippen MR) is 72.7 cm³/mol. The second-order valence-corrected chi connectivity index (χ2v) is 4.76. The zero-order valence-corrected chi connectivity index (χ0v) is 10.3. The van der Waals surface area contributed by atoms with Gasteiger partial charge in [-0.15, -0.1) is 0 Å². The van der Waals surface area contributed by atoms with Crippen LogP contribution in [0.15, 0.2) is 48.5 Å². The molecule has 18 heavy (non-hydrogen) atoms. The molecule has 1 atom stereocenters. The van der Waals surface area contributed by atoms with E-state index in [0.717, 1.165) is 17.7 Å². The van der Waals surface area contributed by atoms with E-state index in [1.807, 2.05) is 36.4 Å². The van der Waals surface area contributed by atoms with Gasteiger partial charge in [-0.3, -0.25) is 4.79 Å². The highest BCUT2D eigenvalue weighted by Gasteiger charge is 2.30. The van der Waals surface area contributed by atoms with Crippen LogP contribution < -0.4 is 5.32 Å². The average molecular weight is 237 g/mol. The number of carbonyl (C=O) groups is 1. The van der Waals surface area contributed by atoms with Gasteiger partial charge in [0.2, 0.25) is 5.91 Å². The van der Waals surface area contributed by atoms with E-state index in [4.69, 9.17) is 0 Å². The fourth-order valence-corrected chi connectivity index (χ4v) is 2.54. The van der Waals surface area contributed by atoms with Crippen LogP contribution in [0.3, 0.4) is 0 Å². The van der Waals surface area contributed by atoms with E-state index >= 15 is 0 Å². The normalized spacial score (nSPS) is 17.4. The maximum atomic E-state index is 12.0. The topological polar surface area (TPSA) is 29.1 Å². The van der Waals surface area contributed by atoms with Crippen molar-refractivity contribution in [3.8, 4) is 0 Å².